The Hall–Kier alpha value is -3.55. The molecule has 1 heterocycles. The normalized spacial score (nSPS) is 10.3. The minimum atomic E-state index is -0.975. The molecular formula is C19H16F2N4O2. The first-order chi connectivity index (χ1) is 13.1. The molecule has 8 heteroatoms. The number of aromatic nitrogens is 2. The molecule has 0 unspecified atom stereocenters. The number of halogens is 2. The third kappa shape index (κ3) is 4.55. The fraction of sp³-hybridized carbons (Fsp3) is 0.105. The number of hydrogen-bond acceptors (Lipinski definition) is 5. The van der Waals surface area contributed by atoms with Crippen molar-refractivity contribution >= 4 is 23.1 Å². The predicted octanol–water partition coefficient (Wildman–Crippen LogP) is 4.15. The van der Waals surface area contributed by atoms with Gasteiger partial charge in [-0.3, -0.25) is 4.79 Å². The Morgan fingerprint density at radius 2 is 1.89 bits per heavy atom. The van der Waals surface area contributed by atoms with E-state index in [1.165, 1.54) is 18.5 Å². The fourth-order valence-electron chi connectivity index (χ4n) is 2.27. The smallest absolute Gasteiger partial charge is 0.275 e. The van der Waals surface area contributed by atoms with Crippen molar-refractivity contribution in [2.45, 2.75) is 6.92 Å². The minimum Gasteiger partial charge on any atom is -0.492 e. The van der Waals surface area contributed by atoms with Crippen LogP contribution in [0.25, 0.3) is 0 Å². The van der Waals surface area contributed by atoms with Crippen molar-refractivity contribution in [2.75, 3.05) is 17.2 Å². The zero-order valence-electron chi connectivity index (χ0n) is 14.4. The lowest BCUT2D eigenvalue weighted by atomic mass is 10.3. The van der Waals surface area contributed by atoms with Crippen molar-refractivity contribution in [2.24, 2.45) is 0 Å². The molecule has 0 atom stereocenters. The molecule has 0 aliphatic heterocycles. The van der Waals surface area contributed by atoms with Crippen LogP contribution in [0.1, 0.15) is 17.4 Å². The molecule has 0 radical (unpaired) electrons. The van der Waals surface area contributed by atoms with E-state index in [1.54, 1.807) is 24.3 Å². The van der Waals surface area contributed by atoms with Crippen molar-refractivity contribution in [3.63, 3.8) is 0 Å². The second-order valence-corrected chi connectivity index (χ2v) is 5.42. The highest BCUT2D eigenvalue weighted by Crippen LogP contribution is 2.24. The number of para-hydroxylation sites is 2. The van der Waals surface area contributed by atoms with E-state index in [0.29, 0.717) is 23.7 Å². The van der Waals surface area contributed by atoms with Crippen molar-refractivity contribution < 1.29 is 18.3 Å². The van der Waals surface area contributed by atoms with E-state index in [2.05, 4.69) is 20.6 Å². The molecule has 3 aromatic rings. The molecule has 27 heavy (non-hydrogen) atoms. The van der Waals surface area contributed by atoms with Crippen molar-refractivity contribution in [3.8, 4) is 5.75 Å². The van der Waals surface area contributed by atoms with E-state index in [1.807, 2.05) is 6.92 Å². The van der Waals surface area contributed by atoms with Crippen molar-refractivity contribution in [1.29, 1.82) is 0 Å². The monoisotopic (exact) mass is 370 g/mol. The molecule has 0 spiro atoms. The van der Waals surface area contributed by atoms with Gasteiger partial charge in [-0.25, -0.2) is 18.7 Å². The van der Waals surface area contributed by atoms with E-state index >= 15 is 0 Å². The first-order valence-corrected chi connectivity index (χ1v) is 8.14. The lowest BCUT2D eigenvalue weighted by molar-refractivity contribution is 0.102. The van der Waals surface area contributed by atoms with Gasteiger partial charge in [-0.05, 0) is 31.2 Å². The van der Waals surface area contributed by atoms with Gasteiger partial charge in [0, 0.05) is 11.8 Å². The molecule has 3 rings (SSSR count). The lowest BCUT2D eigenvalue weighted by Crippen LogP contribution is -2.15. The molecule has 0 aliphatic carbocycles. The number of carbonyl (C=O) groups is 1. The Balaban J connectivity index is 1.69. The van der Waals surface area contributed by atoms with Gasteiger partial charge in [0.05, 0.1) is 24.7 Å². The number of anilines is 3. The van der Waals surface area contributed by atoms with Gasteiger partial charge in [0.1, 0.15) is 17.3 Å². The van der Waals surface area contributed by atoms with Gasteiger partial charge in [-0.1, -0.05) is 12.1 Å². The number of amides is 1. The van der Waals surface area contributed by atoms with Gasteiger partial charge >= 0.3 is 0 Å². The van der Waals surface area contributed by atoms with E-state index in [4.69, 9.17) is 4.74 Å². The Kier molecular flexibility index (Phi) is 5.55. The molecule has 138 valence electrons. The van der Waals surface area contributed by atoms with E-state index in [9.17, 15) is 13.6 Å². The minimum absolute atomic E-state index is 0.0946. The maximum atomic E-state index is 13.2. The van der Waals surface area contributed by atoms with Crippen LogP contribution < -0.4 is 15.4 Å². The molecular weight excluding hydrogens is 354 g/mol. The summed E-state index contributed by atoms with van der Waals surface area (Å²) in [6, 6.07) is 10.4. The van der Waals surface area contributed by atoms with Crippen LogP contribution in [-0.2, 0) is 0 Å². The van der Waals surface area contributed by atoms with Crippen LogP contribution in [0.5, 0.6) is 5.75 Å². The SMILES string of the molecule is CCOc1ccccc1NC(=O)c1cnc(Nc2ccc(F)c(F)c2)cn1. The fourth-order valence-corrected chi connectivity index (χ4v) is 2.27. The number of ether oxygens (including phenoxy) is 1. The highest BCUT2D eigenvalue weighted by molar-refractivity contribution is 6.03. The van der Waals surface area contributed by atoms with Crippen LogP contribution in [0.4, 0.5) is 26.0 Å². The lowest BCUT2D eigenvalue weighted by Gasteiger charge is -2.11. The molecule has 0 saturated carbocycles. The van der Waals surface area contributed by atoms with Gasteiger partial charge in [0.15, 0.2) is 11.6 Å². The van der Waals surface area contributed by atoms with Crippen molar-refractivity contribution in [1.82, 2.24) is 9.97 Å². The standard InChI is InChI=1S/C19H16F2N4O2/c1-2-27-17-6-4-3-5-15(17)25-19(26)16-10-23-18(11-22-16)24-12-7-8-13(20)14(21)9-12/h3-11H,2H2,1H3,(H,23,24)(H,25,26). The van der Waals surface area contributed by atoms with Crippen LogP contribution in [0.2, 0.25) is 0 Å². The summed E-state index contributed by atoms with van der Waals surface area (Å²) in [5.74, 6) is -1.53. The molecule has 0 aliphatic rings. The Labute approximate surface area is 154 Å². The Morgan fingerprint density at radius 1 is 1.07 bits per heavy atom. The van der Waals surface area contributed by atoms with Gasteiger partial charge < -0.3 is 15.4 Å². The Bertz CT molecular complexity index is 949. The second kappa shape index (κ2) is 8.22. The summed E-state index contributed by atoms with van der Waals surface area (Å²) in [7, 11) is 0. The first kappa shape index (κ1) is 18.2. The summed E-state index contributed by atoms with van der Waals surface area (Å²) in [5, 5.41) is 5.50. The van der Waals surface area contributed by atoms with E-state index < -0.39 is 17.5 Å². The zero-order chi connectivity index (χ0) is 19.2. The molecule has 0 bridgehead atoms. The second-order valence-electron chi connectivity index (χ2n) is 5.42. The Morgan fingerprint density at radius 3 is 2.59 bits per heavy atom. The number of nitrogens with zero attached hydrogens (tertiary/aromatic N) is 2. The summed E-state index contributed by atoms with van der Waals surface area (Å²) in [6.07, 6.45) is 2.60. The number of carbonyl (C=O) groups excluding carboxylic acids is 1. The average molecular weight is 370 g/mol. The summed E-state index contributed by atoms with van der Waals surface area (Å²) in [6.45, 7) is 2.32. The molecule has 0 saturated heterocycles. The molecule has 1 amide bonds. The largest absolute Gasteiger partial charge is 0.492 e. The molecule has 1 aromatic heterocycles. The predicted molar refractivity (Wildman–Crippen MR) is 97.2 cm³/mol. The number of benzene rings is 2. The first-order valence-electron chi connectivity index (χ1n) is 8.14. The van der Waals surface area contributed by atoms with E-state index in [-0.39, 0.29) is 11.5 Å². The van der Waals surface area contributed by atoms with Crippen LogP contribution in [0.15, 0.2) is 54.9 Å². The third-order valence-corrected chi connectivity index (χ3v) is 3.51. The summed E-state index contributed by atoms with van der Waals surface area (Å²) in [4.78, 5) is 20.4. The molecule has 6 nitrogen and oxygen atoms in total. The van der Waals surface area contributed by atoms with Crippen LogP contribution >= 0.6 is 0 Å². The van der Waals surface area contributed by atoms with Crippen LogP contribution in [0.3, 0.4) is 0 Å². The zero-order valence-corrected chi connectivity index (χ0v) is 14.4. The number of nitrogens with one attached hydrogen (secondary N) is 2. The summed E-state index contributed by atoms with van der Waals surface area (Å²) in [5.41, 5.74) is 0.929. The van der Waals surface area contributed by atoms with Crippen LogP contribution in [-0.4, -0.2) is 22.5 Å². The van der Waals surface area contributed by atoms with Crippen molar-refractivity contribution in [3.05, 3.63) is 72.2 Å². The third-order valence-electron chi connectivity index (χ3n) is 3.51. The van der Waals surface area contributed by atoms with Gasteiger partial charge in [0.2, 0.25) is 0 Å². The van der Waals surface area contributed by atoms with Gasteiger partial charge in [-0.15, -0.1) is 0 Å². The summed E-state index contributed by atoms with van der Waals surface area (Å²) < 4.78 is 31.6. The molecule has 0 fully saturated rings. The highest BCUT2D eigenvalue weighted by atomic mass is 19.2. The molecule has 2 N–H and O–H groups in total. The highest BCUT2D eigenvalue weighted by Gasteiger charge is 2.12. The number of hydrogen-bond donors (Lipinski definition) is 2. The topological polar surface area (TPSA) is 76.1 Å². The van der Waals surface area contributed by atoms with E-state index in [0.717, 1.165) is 12.1 Å². The maximum absolute atomic E-state index is 13.2. The van der Waals surface area contributed by atoms with Gasteiger partial charge in [0.25, 0.3) is 5.91 Å². The molecule has 2 aromatic carbocycles. The number of rotatable bonds is 6. The van der Waals surface area contributed by atoms with Gasteiger partial charge in [-0.2, -0.15) is 0 Å². The average Bonchev–Trinajstić information content (AvgIpc) is 2.67. The quantitative estimate of drug-likeness (QED) is 0.682. The maximum Gasteiger partial charge on any atom is 0.275 e. The van der Waals surface area contributed by atoms with Crippen LogP contribution in [0, 0.1) is 11.6 Å². The summed E-state index contributed by atoms with van der Waals surface area (Å²) >= 11 is 0.